The molecule has 1 aromatic heterocycles. The molecule has 0 spiro atoms. The van der Waals surface area contributed by atoms with E-state index in [9.17, 15) is 9.59 Å². The van der Waals surface area contributed by atoms with Crippen LogP contribution in [0.15, 0.2) is 31.1 Å². The number of hydrogen-bond acceptors (Lipinski definition) is 6. The van der Waals surface area contributed by atoms with Crippen molar-refractivity contribution in [1.82, 2.24) is 14.9 Å². The van der Waals surface area contributed by atoms with Crippen molar-refractivity contribution in [3.63, 3.8) is 0 Å². The fraction of sp³-hybridized carbons (Fsp3) is 0.455. The van der Waals surface area contributed by atoms with E-state index in [0.717, 1.165) is 49.8 Å². The van der Waals surface area contributed by atoms with Crippen molar-refractivity contribution < 1.29 is 14.3 Å². The first-order chi connectivity index (χ1) is 14.6. The summed E-state index contributed by atoms with van der Waals surface area (Å²) in [5, 5.41) is 4.24. The molecule has 1 fully saturated rings. The van der Waals surface area contributed by atoms with E-state index < -0.39 is 0 Å². The van der Waals surface area contributed by atoms with Crippen LogP contribution in [0.5, 0.6) is 5.75 Å². The summed E-state index contributed by atoms with van der Waals surface area (Å²) >= 11 is 0. The SMILES string of the molecule is C=CC(=O)N1CCOc2c1ccc1ncnc(NCCC3CCN(C(C)=O)CC3)c21. The van der Waals surface area contributed by atoms with Crippen LogP contribution in [0.1, 0.15) is 26.2 Å². The fourth-order valence-electron chi connectivity index (χ4n) is 4.23. The Labute approximate surface area is 175 Å². The number of likely N-dealkylation sites (tertiary alicyclic amines) is 1. The minimum atomic E-state index is -0.151. The number of amides is 2. The molecule has 0 aliphatic carbocycles. The Morgan fingerprint density at radius 1 is 1.27 bits per heavy atom. The molecule has 0 bridgehead atoms. The predicted octanol–water partition coefficient (Wildman–Crippen LogP) is 2.60. The standard InChI is InChI=1S/C22H27N5O3/c1-3-19(29)27-12-13-30-21-18(27)5-4-17-20(21)22(25-14-24-17)23-9-6-16-7-10-26(11-8-16)15(2)28/h3-5,14,16H,1,6-13H2,2H3,(H,23,24,25). The second kappa shape index (κ2) is 8.69. The summed E-state index contributed by atoms with van der Waals surface area (Å²) in [6, 6.07) is 3.74. The molecule has 2 amide bonds. The van der Waals surface area contributed by atoms with E-state index in [4.69, 9.17) is 4.74 Å². The number of hydrogen-bond donors (Lipinski definition) is 1. The minimum Gasteiger partial charge on any atom is -0.489 e. The van der Waals surface area contributed by atoms with E-state index in [1.165, 1.54) is 12.4 Å². The maximum absolute atomic E-state index is 12.2. The second-order valence-corrected chi connectivity index (χ2v) is 7.74. The molecule has 0 radical (unpaired) electrons. The quantitative estimate of drug-likeness (QED) is 0.764. The van der Waals surface area contributed by atoms with Gasteiger partial charge in [0.25, 0.3) is 5.91 Å². The third-order valence-electron chi connectivity index (χ3n) is 5.93. The van der Waals surface area contributed by atoms with Gasteiger partial charge >= 0.3 is 0 Å². The number of nitrogens with zero attached hydrogens (tertiary/aromatic N) is 4. The average molecular weight is 409 g/mol. The molecule has 158 valence electrons. The molecule has 3 heterocycles. The van der Waals surface area contributed by atoms with E-state index in [1.54, 1.807) is 11.8 Å². The lowest BCUT2D eigenvalue weighted by molar-refractivity contribution is -0.130. The van der Waals surface area contributed by atoms with Crippen molar-refractivity contribution >= 4 is 34.2 Å². The Morgan fingerprint density at radius 3 is 2.80 bits per heavy atom. The number of aromatic nitrogens is 2. The van der Waals surface area contributed by atoms with Gasteiger partial charge in [-0.05, 0) is 43.4 Å². The average Bonchev–Trinajstić information content (AvgIpc) is 2.78. The summed E-state index contributed by atoms with van der Waals surface area (Å²) in [5.41, 5.74) is 1.49. The fourth-order valence-corrected chi connectivity index (χ4v) is 4.23. The number of piperidine rings is 1. The molecule has 2 aromatic rings. The van der Waals surface area contributed by atoms with Gasteiger partial charge in [-0.2, -0.15) is 0 Å². The lowest BCUT2D eigenvalue weighted by Gasteiger charge is -2.31. The van der Waals surface area contributed by atoms with Gasteiger partial charge in [-0.3, -0.25) is 9.59 Å². The van der Waals surface area contributed by atoms with Crippen molar-refractivity contribution in [1.29, 1.82) is 0 Å². The first-order valence-corrected chi connectivity index (χ1v) is 10.4. The molecule has 0 saturated carbocycles. The molecule has 8 heteroatoms. The van der Waals surface area contributed by atoms with Gasteiger partial charge in [-0.25, -0.2) is 9.97 Å². The zero-order valence-electron chi connectivity index (χ0n) is 17.3. The van der Waals surface area contributed by atoms with E-state index in [2.05, 4.69) is 21.9 Å². The van der Waals surface area contributed by atoms with E-state index >= 15 is 0 Å². The van der Waals surface area contributed by atoms with Crippen LogP contribution in [0.3, 0.4) is 0 Å². The Hall–Kier alpha value is -3.16. The number of rotatable bonds is 5. The molecule has 2 aliphatic heterocycles. The Balaban J connectivity index is 1.50. The van der Waals surface area contributed by atoms with Gasteiger partial charge in [0.1, 0.15) is 18.8 Å². The Bertz CT molecular complexity index is 969. The first-order valence-electron chi connectivity index (χ1n) is 10.4. The van der Waals surface area contributed by atoms with E-state index in [-0.39, 0.29) is 11.8 Å². The molecule has 0 unspecified atom stereocenters. The largest absolute Gasteiger partial charge is 0.489 e. The topological polar surface area (TPSA) is 87.7 Å². The van der Waals surface area contributed by atoms with Gasteiger partial charge in [0.05, 0.1) is 23.1 Å². The summed E-state index contributed by atoms with van der Waals surface area (Å²) in [6.45, 7) is 8.58. The van der Waals surface area contributed by atoms with Crippen LogP contribution < -0.4 is 15.0 Å². The number of carbonyl (C=O) groups excluding carboxylic acids is 2. The van der Waals surface area contributed by atoms with Crippen LogP contribution in [0.25, 0.3) is 10.9 Å². The minimum absolute atomic E-state index is 0.151. The van der Waals surface area contributed by atoms with Crippen LogP contribution in [-0.4, -0.2) is 59.5 Å². The Morgan fingerprint density at radius 2 is 2.07 bits per heavy atom. The third-order valence-corrected chi connectivity index (χ3v) is 5.93. The first kappa shape index (κ1) is 20.1. The maximum Gasteiger partial charge on any atom is 0.250 e. The summed E-state index contributed by atoms with van der Waals surface area (Å²) in [6.07, 6.45) is 5.93. The zero-order chi connectivity index (χ0) is 21.1. The number of fused-ring (bicyclic) bond motifs is 3. The lowest BCUT2D eigenvalue weighted by Crippen LogP contribution is -2.37. The molecule has 2 aliphatic rings. The highest BCUT2D eigenvalue weighted by molar-refractivity contribution is 6.07. The molecule has 30 heavy (non-hydrogen) atoms. The molecule has 1 saturated heterocycles. The predicted molar refractivity (Wildman–Crippen MR) is 116 cm³/mol. The van der Waals surface area contributed by atoms with Crippen molar-refractivity contribution in [3.8, 4) is 5.75 Å². The van der Waals surface area contributed by atoms with Crippen LogP contribution in [0, 0.1) is 5.92 Å². The van der Waals surface area contributed by atoms with E-state index in [1.807, 2.05) is 17.0 Å². The van der Waals surface area contributed by atoms with Crippen LogP contribution in [0.4, 0.5) is 11.5 Å². The maximum atomic E-state index is 12.2. The normalized spacial score (nSPS) is 16.7. The highest BCUT2D eigenvalue weighted by Gasteiger charge is 2.26. The van der Waals surface area contributed by atoms with E-state index in [0.29, 0.717) is 36.3 Å². The Kier molecular flexibility index (Phi) is 5.83. The van der Waals surface area contributed by atoms with Gasteiger partial charge in [-0.15, -0.1) is 0 Å². The van der Waals surface area contributed by atoms with Crippen molar-refractivity contribution in [3.05, 3.63) is 31.1 Å². The van der Waals surface area contributed by atoms with Gasteiger partial charge in [0.15, 0.2) is 5.75 Å². The highest BCUT2D eigenvalue weighted by atomic mass is 16.5. The summed E-state index contributed by atoms with van der Waals surface area (Å²) in [4.78, 5) is 36.1. The molecular weight excluding hydrogens is 382 g/mol. The smallest absolute Gasteiger partial charge is 0.250 e. The van der Waals surface area contributed by atoms with Crippen LogP contribution in [-0.2, 0) is 9.59 Å². The zero-order valence-corrected chi connectivity index (χ0v) is 17.3. The highest BCUT2D eigenvalue weighted by Crippen LogP contribution is 2.40. The van der Waals surface area contributed by atoms with Crippen LogP contribution >= 0.6 is 0 Å². The molecule has 8 nitrogen and oxygen atoms in total. The monoisotopic (exact) mass is 409 g/mol. The van der Waals surface area contributed by atoms with Gasteiger partial charge < -0.3 is 19.9 Å². The van der Waals surface area contributed by atoms with Gasteiger partial charge in [0.2, 0.25) is 5.91 Å². The van der Waals surface area contributed by atoms with Crippen molar-refractivity contribution in [2.45, 2.75) is 26.2 Å². The molecule has 4 rings (SSSR count). The number of anilines is 2. The third kappa shape index (κ3) is 3.94. The summed E-state index contributed by atoms with van der Waals surface area (Å²) < 4.78 is 5.95. The van der Waals surface area contributed by atoms with Crippen molar-refractivity contribution in [2.24, 2.45) is 5.92 Å². The van der Waals surface area contributed by atoms with Gasteiger partial charge in [0, 0.05) is 26.6 Å². The molecule has 0 atom stereocenters. The molecular formula is C22H27N5O3. The number of nitrogens with one attached hydrogen (secondary N) is 1. The number of benzene rings is 1. The lowest BCUT2D eigenvalue weighted by atomic mass is 9.93. The second-order valence-electron chi connectivity index (χ2n) is 7.74. The number of carbonyl (C=O) groups is 2. The molecule has 1 aromatic carbocycles. The number of ether oxygens (including phenoxy) is 1. The summed E-state index contributed by atoms with van der Waals surface area (Å²) in [5.74, 6) is 1.94. The van der Waals surface area contributed by atoms with Crippen molar-refractivity contribution in [2.75, 3.05) is 43.0 Å². The van der Waals surface area contributed by atoms with Crippen LogP contribution in [0.2, 0.25) is 0 Å². The molecule has 1 N–H and O–H groups in total. The summed E-state index contributed by atoms with van der Waals surface area (Å²) in [7, 11) is 0. The van der Waals surface area contributed by atoms with Gasteiger partial charge in [-0.1, -0.05) is 6.58 Å².